The van der Waals surface area contributed by atoms with Crippen molar-refractivity contribution in [3.8, 4) is 0 Å². The van der Waals surface area contributed by atoms with E-state index < -0.39 is 42.8 Å². The molecular formula is C33H36F3N5O5. The van der Waals surface area contributed by atoms with Crippen LogP contribution in [0.3, 0.4) is 0 Å². The first-order valence-electron chi connectivity index (χ1n) is 14.6. The number of carbonyl (C=O) groups is 4. The highest BCUT2D eigenvalue weighted by Crippen LogP contribution is 2.30. The third-order valence-electron chi connectivity index (χ3n) is 7.17. The van der Waals surface area contributed by atoms with Gasteiger partial charge in [0.1, 0.15) is 18.0 Å². The van der Waals surface area contributed by atoms with Crippen LogP contribution in [0.4, 0.5) is 29.5 Å². The quantitative estimate of drug-likeness (QED) is 0.327. The molecule has 0 radical (unpaired) electrons. The van der Waals surface area contributed by atoms with Crippen molar-refractivity contribution in [1.82, 2.24) is 14.8 Å². The van der Waals surface area contributed by atoms with Gasteiger partial charge in [0.2, 0.25) is 11.8 Å². The summed E-state index contributed by atoms with van der Waals surface area (Å²) in [5, 5.41) is 5.36. The van der Waals surface area contributed by atoms with Crippen molar-refractivity contribution < 1.29 is 37.1 Å². The van der Waals surface area contributed by atoms with Gasteiger partial charge in [-0.1, -0.05) is 36.4 Å². The Morgan fingerprint density at radius 3 is 2.17 bits per heavy atom. The Hall–Kier alpha value is -4.94. The zero-order valence-electron chi connectivity index (χ0n) is 26.0. The lowest BCUT2D eigenvalue weighted by Gasteiger charge is -2.27. The number of fused-ring (bicyclic) bond motifs is 1. The molecule has 1 aliphatic carbocycles. The van der Waals surface area contributed by atoms with Crippen LogP contribution in [0.25, 0.3) is 0 Å². The Morgan fingerprint density at radius 2 is 1.54 bits per heavy atom. The van der Waals surface area contributed by atoms with E-state index in [1.807, 2.05) is 0 Å². The molecular weight excluding hydrogens is 603 g/mol. The number of alkyl halides is 3. The average molecular weight is 640 g/mol. The lowest BCUT2D eigenvalue weighted by Crippen LogP contribution is -2.44. The molecule has 0 saturated carbocycles. The summed E-state index contributed by atoms with van der Waals surface area (Å²) in [7, 11) is 1.49. The fourth-order valence-electron chi connectivity index (χ4n) is 5.03. The standard InChI is InChI=1S/C33H36F3N5O5/c1-32(2,3)46-31(45)40(4)18-22-9-5-6-10-23(22)19-41(30(44)33(34,35)36)20-28(42)38-26-13-12-21-15-25(16-24(21)17-26)29(43)39-27-11-7-8-14-37-27/h5-14,17,25H,15-16,18-20H2,1-4H3,(H,38,42)(H,37,39,43). The number of nitrogens with one attached hydrogen (secondary N) is 2. The van der Waals surface area contributed by atoms with Crippen molar-refractivity contribution in [3.63, 3.8) is 0 Å². The van der Waals surface area contributed by atoms with E-state index in [9.17, 15) is 32.3 Å². The minimum absolute atomic E-state index is 0.00132. The van der Waals surface area contributed by atoms with Crippen molar-refractivity contribution in [2.45, 2.75) is 58.5 Å². The number of amides is 4. The fourth-order valence-corrected chi connectivity index (χ4v) is 5.03. The molecule has 0 saturated heterocycles. The zero-order valence-corrected chi connectivity index (χ0v) is 26.0. The number of aromatic nitrogens is 1. The molecule has 0 bridgehead atoms. The van der Waals surface area contributed by atoms with Gasteiger partial charge in [0, 0.05) is 37.9 Å². The second-order valence-corrected chi connectivity index (χ2v) is 12.1. The van der Waals surface area contributed by atoms with E-state index in [1.165, 1.54) is 18.0 Å². The van der Waals surface area contributed by atoms with Gasteiger partial charge < -0.3 is 25.2 Å². The molecule has 0 aliphatic heterocycles. The van der Waals surface area contributed by atoms with Gasteiger partial charge in [-0.25, -0.2) is 9.78 Å². The molecule has 1 atom stereocenters. The third kappa shape index (κ3) is 9.29. The predicted molar refractivity (Wildman–Crippen MR) is 164 cm³/mol. The Kier molecular flexibility index (Phi) is 10.3. The van der Waals surface area contributed by atoms with E-state index in [0.717, 1.165) is 11.1 Å². The van der Waals surface area contributed by atoms with Gasteiger partial charge >= 0.3 is 18.2 Å². The van der Waals surface area contributed by atoms with Gasteiger partial charge in [0.25, 0.3) is 0 Å². The highest BCUT2D eigenvalue weighted by atomic mass is 19.4. The zero-order chi connectivity index (χ0) is 33.6. The van der Waals surface area contributed by atoms with E-state index in [2.05, 4.69) is 15.6 Å². The van der Waals surface area contributed by atoms with Crippen molar-refractivity contribution in [3.05, 3.63) is 89.1 Å². The summed E-state index contributed by atoms with van der Waals surface area (Å²) in [5.41, 5.74) is 2.13. The number of pyridine rings is 1. The lowest BCUT2D eigenvalue weighted by atomic mass is 10.1. The number of hydrogen-bond acceptors (Lipinski definition) is 6. The van der Waals surface area contributed by atoms with Crippen LogP contribution in [0, 0.1) is 5.92 Å². The van der Waals surface area contributed by atoms with Gasteiger partial charge in [0.15, 0.2) is 0 Å². The molecule has 1 aromatic heterocycles. The minimum Gasteiger partial charge on any atom is -0.444 e. The first-order valence-corrected chi connectivity index (χ1v) is 14.6. The number of rotatable bonds is 9. The van der Waals surface area contributed by atoms with Gasteiger partial charge in [-0.2, -0.15) is 13.2 Å². The summed E-state index contributed by atoms with van der Waals surface area (Å²) < 4.78 is 46.2. The molecule has 1 unspecified atom stereocenters. The molecule has 2 N–H and O–H groups in total. The van der Waals surface area contributed by atoms with Crippen LogP contribution < -0.4 is 10.6 Å². The lowest BCUT2D eigenvalue weighted by molar-refractivity contribution is -0.186. The summed E-state index contributed by atoms with van der Waals surface area (Å²) in [5.74, 6) is -3.11. The van der Waals surface area contributed by atoms with E-state index in [0.29, 0.717) is 40.4 Å². The van der Waals surface area contributed by atoms with E-state index >= 15 is 0 Å². The number of ether oxygens (including phenoxy) is 1. The minimum atomic E-state index is -5.22. The average Bonchev–Trinajstić information content (AvgIpc) is 3.40. The number of hydrogen-bond donors (Lipinski definition) is 2. The van der Waals surface area contributed by atoms with E-state index in [4.69, 9.17) is 4.74 Å². The molecule has 3 aromatic rings. The molecule has 2 aromatic carbocycles. The summed E-state index contributed by atoms with van der Waals surface area (Å²) in [6, 6.07) is 16.6. The van der Waals surface area contributed by atoms with Crippen molar-refractivity contribution in [2.75, 3.05) is 24.2 Å². The maximum Gasteiger partial charge on any atom is 0.471 e. The molecule has 0 fully saturated rings. The van der Waals surface area contributed by atoms with Crippen molar-refractivity contribution in [2.24, 2.45) is 5.92 Å². The van der Waals surface area contributed by atoms with Gasteiger partial charge in [-0.05, 0) is 80.1 Å². The molecule has 1 aliphatic rings. The molecule has 46 heavy (non-hydrogen) atoms. The van der Waals surface area contributed by atoms with Crippen LogP contribution in [0.15, 0.2) is 66.9 Å². The van der Waals surface area contributed by atoms with E-state index in [-0.39, 0.29) is 18.4 Å². The summed E-state index contributed by atoms with van der Waals surface area (Å²) in [6.07, 6.45) is -3.38. The fraction of sp³-hybridized carbons (Fsp3) is 0.364. The molecule has 4 amide bonds. The predicted octanol–water partition coefficient (Wildman–Crippen LogP) is 5.33. The van der Waals surface area contributed by atoms with Crippen LogP contribution >= 0.6 is 0 Å². The van der Waals surface area contributed by atoms with Crippen LogP contribution in [-0.2, 0) is 45.1 Å². The van der Waals surface area contributed by atoms with Gasteiger partial charge in [-0.3, -0.25) is 14.4 Å². The first kappa shape index (κ1) is 33.9. The van der Waals surface area contributed by atoms with Crippen LogP contribution in [0.5, 0.6) is 0 Å². The number of nitrogens with zero attached hydrogens (tertiary/aromatic N) is 3. The molecule has 0 spiro atoms. The van der Waals surface area contributed by atoms with Crippen molar-refractivity contribution >= 4 is 35.3 Å². The normalized spacial score (nSPS) is 14.2. The molecule has 1 heterocycles. The monoisotopic (exact) mass is 639 g/mol. The highest BCUT2D eigenvalue weighted by molar-refractivity contribution is 5.96. The number of benzene rings is 2. The topological polar surface area (TPSA) is 121 Å². The number of carbonyl (C=O) groups excluding carboxylic acids is 4. The second-order valence-electron chi connectivity index (χ2n) is 12.1. The van der Waals surface area contributed by atoms with Crippen molar-refractivity contribution in [1.29, 1.82) is 0 Å². The number of halogens is 3. The Balaban J connectivity index is 1.43. The molecule has 13 heteroatoms. The van der Waals surface area contributed by atoms with E-state index in [1.54, 1.807) is 81.6 Å². The first-order chi connectivity index (χ1) is 21.6. The van der Waals surface area contributed by atoms with Crippen LogP contribution in [0.2, 0.25) is 0 Å². The van der Waals surface area contributed by atoms with Gasteiger partial charge in [0.05, 0.1) is 0 Å². The summed E-state index contributed by atoms with van der Waals surface area (Å²) in [4.78, 5) is 56.4. The smallest absolute Gasteiger partial charge is 0.444 e. The summed E-state index contributed by atoms with van der Waals surface area (Å²) >= 11 is 0. The number of anilines is 2. The molecule has 4 rings (SSSR count). The Morgan fingerprint density at radius 1 is 0.891 bits per heavy atom. The third-order valence-corrected chi connectivity index (χ3v) is 7.17. The SMILES string of the molecule is CN(Cc1ccccc1CN(CC(=O)Nc1ccc2c(c1)CC(C(=O)Nc1ccccn1)C2)C(=O)C(F)(F)F)C(=O)OC(C)(C)C. The Labute approximate surface area is 264 Å². The Bertz CT molecular complexity index is 1590. The molecule has 10 nitrogen and oxygen atoms in total. The maximum atomic E-state index is 13.6. The summed E-state index contributed by atoms with van der Waals surface area (Å²) in [6.45, 7) is 3.73. The highest BCUT2D eigenvalue weighted by Gasteiger charge is 2.43. The van der Waals surface area contributed by atoms with Gasteiger partial charge in [-0.15, -0.1) is 0 Å². The van der Waals surface area contributed by atoms with Crippen LogP contribution in [-0.4, -0.2) is 64.0 Å². The second kappa shape index (κ2) is 14.0. The molecule has 244 valence electrons. The largest absolute Gasteiger partial charge is 0.471 e. The maximum absolute atomic E-state index is 13.6. The van der Waals surface area contributed by atoms with Crippen LogP contribution in [0.1, 0.15) is 43.0 Å².